The summed E-state index contributed by atoms with van der Waals surface area (Å²) in [6, 6.07) is 156. The number of anilines is 8. The van der Waals surface area contributed by atoms with E-state index in [9.17, 15) is 0 Å². The Kier molecular flexibility index (Phi) is 20.5. The van der Waals surface area contributed by atoms with Crippen LogP contribution < -0.4 is 61.9 Å². The molecule has 0 fully saturated rings. The van der Waals surface area contributed by atoms with Gasteiger partial charge >= 0.3 is 0 Å². The Bertz CT molecular complexity index is 5970. The van der Waals surface area contributed by atoms with E-state index in [1.165, 1.54) is 69.5 Å². The van der Waals surface area contributed by atoms with E-state index < -0.39 is 16.1 Å². The molecule has 2 aliphatic heterocycles. The molecule has 2 aliphatic rings. The van der Waals surface area contributed by atoms with Crippen LogP contribution >= 0.6 is 0 Å². The summed E-state index contributed by atoms with van der Waals surface area (Å²) in [5, 5.41) is 9.34. The SMILES string of the molecule is C=CN(c1cc(N2c3ccccc3C(C)(C)c3ccccc32)cc2c1B([C@H](C)C(C)[Si](c1ccccc1)(c1ccccc1)c1ccccc1)c1ccc([Si](c3ccccc3)(c3ccccc3)c3ccccc3)cc1N2c1c(-c2ccccc2)cc(C(C)(C)C)cc1-c1ccccc1)c1c(-c2ccccc2)cc(C(C)(C)C)cc1-c1ccccc1. The maximum atomic E-state index is 5.20. The molecule has 16 aromatic rings. The summed E-state index contributed by atoms with van der Waals surface area (Å²) in [5.74, 6) is -0.114. The van der Waals surface area contributed by atoms with Gasteiger partial charge in [0.1, 0.15) is 0 Å². The molecule has 0 saturated carbocycles. The lowest BCUT2D eigenvalue weighted by Gasteiger charge is -2.48. The highest BCUT2D eigenvalue weighted by Crippen LogP contribution is 2.58. The second-order valence-electron chi connectivity index (χ2n) is 35.2. The highest BCUT2D eigenvalue weighted by Gasteiger charge is 2.53. The zero-order valence-corrected chi connectivity index (χ0v) is 72.0. The van der Waals surface area contributed by atoms with Gasteiger partial charge in [-0.25, -0.2) is 0 Å². The van der Waals surface area contributed by atoms with Gasteiger partial charge in [-0.05, 0) is 157 Å². The molecule has 0 radical (unpaired) electrons. The minimum absolute atomic E-state index is 0.00231. The average molecular weight is 1570 g/mol. The Hall–Kier alpha value is -12.8. The maximum Gasteiger partial charge on any atom is 0.220 e. The molecule has 0 amide bonds. The quantitative estimate of drug-likeness (QED) is 0.0590. The first-order chi connectivity index (χ1) is 57.9. The van der Waals surface area contributed by atoms with Crippen LogP contribution in [0.15, 0.2) is 419 Å². The predicted molar refractivity (Wildman–Crippen MR) is 517 cm³/mol. The van der Waals surface area contributed by atoms with Crippen molar-refractivity contribution in [2.45, 2.75) is 96.8 Å². The van der Waals surface area contributed by atoms with Gasteiger partial charge in [0.05, 0.1) is 28.4 Å². The van der Waals surface area contributed by atoms with Crippen molar-refractivity contribution in [3.05, 3.63) is 441 Å². The van der Waals surface area contributed by atoms with E-state index in [1.54, 1.807) is 0 Å². The molecule has 1 unspecified atom stereocenters. The van der Waals surface area contributed by atoms with Crippen LogP contribution in [-0.4, -0.2) is 22.9 Å². The van der Waals surface area contributed by atoms with Gasteiger partial charge in [0.15, 0.2) is 16.1 Å². The minimum atomic E-state index is -3.36. The van der Waals surface area contributed by atoms with E-state index in [0.29, 0.717) is 0 Å². The monoisotopic (exact) mass is 1570 g/mol. The Balaban J connectivity index is 1.09. The molecule has 0 aliphatic carbocycles. The van der Waals surface area contributed by atoms with Crippen LogP contribution in [0.2, 0.25) is 11.4 Å². The fraction of sp³-hybridized carbons (Fsp3) is 0.133. The Morgan fingerprint density at radius 3 is 1.05 bits per heavy atom. The van der Waals surface area contributed by atoms with Gasteiger partial charge in [0.2, 0.25) is 6.71 Å². The van der Waals surface area contributed by atoms with E-state index >= 15 is 0 Å². The molecule has 3 nitrogen and oxygen atoms in total. The lowest BCUT2D eigenvalue weighted by molar-refractivity contribution is 0.590. The van der Waals surface area contributed by atoms with Crippen molar-refractivity contribution >= 4 is 116 Å². The Labute approximate surface area is 708 Å². The van der Waals surface area contributed by atoms with E-state index in [4.69, 9.17) is 6.58 Å². The van der Waals surface area contributed by atoms with Gasteiger partial charge in [-0.3, -0.25) is 0 Å². The molecule has 16 aromatic carbocycles. The highest BCUT2D eigenvalue weighted by atomic mass is 28.3. The topological polar surface area (TPSA) is 9.72 Å². The molecule has 119 heavy (non-hydrogen) atoms. The van der Waals surface area contributed by atoms with Crippen molar-refractivity contribution < 1.29 is 0 Å². The van der Waals surface area contributed by atoms with Crippen LogP contribution in [0, 0.1) is 0 Å². The van der Waals surface area contributed by atoms with Gasteiger partial charge in [0.25, 0.3) is 0 Å². The fourth-order valence-electron chi connectivity index (χ4n) is 20.1. The smallest absolute Gasteiger partial charge is 0.220 e. The number of para-hydroxylation sites is 2. The van der Waals surface area contributed by atoms with Crippen molar-refractivity contribution in [2.24, 2.45) is 0 Å². The third-order valence-corrected chi connectivity index (χ3v) is 36.5. The molecule has 0 spiro atoms. The zero-order valence-electron chi connectivity index (χ0n) is 70.0. The molecular weight excluding hydrogens is 1470 g/mol. The van der Waals surface area contributed by atoms with Gasteiger partial charge in [-0.15, -0.1) is 0 Å². The van der Waals surface area contributed by atoms with Crippen molar-refractivity contribution in [1.82, 2.24) is 0 Å². The fourth-order valence-corrected chi connectivity index (χ4v) is 30.6. The van der Waals surface area contributed by atoms with E-state index in [0.717, 1.165) is 90.0 Å². The van der Waals surface area contributed by atoms with Gasteiger partial charge in [-0.1, -0.05) is 439 Å². The minimum Gasteiger partial charge on any atom is -0.317 e. The summed E-state index contributed by atoms with van der Waals surface area (Å²) in [7, 11) is -6.59. The lowest BCUT2D eigenvalue weighted by Crippen LogP contribution is -2.75. The number of rotatable bonds is 19. The summed E-state index contributed by atoms with van der Waals surface area (Å²) in [5.41, 5.74) is 24.3. The number of fused-ring (bicyclic) bond motifs is 4. The molecule has 6 heteroatoms. The predicted octanol–water partition coefficient (Wildman–Crippen LogP) is 24.1. The third-order valence-electron chi connectivity index (χ3n) is 26.1. The number of benzene rings is 16. The molecule has 0 saturated heterocycles. The van der Waals surface area contributed by atoms with Crippen molar-refractivity contribution in [1.29, 1.82) is 0 Å². The second-order valence-corrected chi connectivity index (χ2v) is 43.3. The van der Waals surface area contributed by atoms with Crippen molar-refractivity contribution in [3.63, 3.8) is 0 Å². The normalized spacial score (nSPS) is 13.6. The summed E-state index contributed by atoms with van der Waals surface area (Å²) < 4.78 is 0. The summed E-state index contributed by atoms with van der Waals surface area (Å²) in [4.78, 5) is 7.98. The molecule has 2 heterocycles. The summed E-state index contributed by atoms with van der Waals surface area (Å²) in [6.45, 7) is 29.2. The van der Waals surface area contributed by atoms with Gasteiger partial charge < -0.3 is 14.7 Å². The molecule has 0 N–H and O–H groups in total. The van der Waals surface area contributed by atoms with Gasteiger partial charge in [-0.2, -0.15) is 0 Å². The Morgan fingerprint density at radius 2 is 0.681 bits per heavy atom. The van der Waals surface area contributed by atoms with E-state index in [1.807, 2.05) is 0 Å². The molecule has 580 valence electrons. The molecular formula is C113H102BN3Si2. The second kappa shape index (κ2) is 31.6. The Morgan fingerprint density at radius 1 is 0.345 bits per heavy atom. The molecule has 18 rings (SSSR count). The maximum absolute atomic E-state index is 5.20. The first-order valence-corrected chi connectivity index (χ1v) is 46.4. The number of hydrogen-bond donors (Lipinski definition) is 0. The summed E-state index contributed by atoms with van der Waals surface area (Å²) in [6.07, 6.45) is 2.17. The largest absolute Gasteiger partial charge is 0.317 e. The number of nitrogens with zero attached hydrogens (tertiary/aromatic N) is 3. The van der Waals surface area contributed by atoms with Crippen LogP contribution in [0.3, 0.4) is 0 Å². The van der Waals surface area contributed by atoms with E-state index in [2.05, 4.69) is 497 Å². The highest BCUT2D eigenvalue weighted by molar-refractivity contribution is 7.20. The average Bonchev–Trinajstić information content (AvgIpc) is 0.691. The third kappa shape index (κ3) is 13.5. The van der Waals surface area contributed by atoms with Crippen LogP contribution in [0.5, 0.6) is 0 Å². The van der Waals surface area contributed by atoms with Crippen LogP contribution in [0.1, 0.15) is 91.5 Å². The van der Waals surface area contributed by atoms with Crippen LogP contribution in [-0.2, 0) is 16.2 Å². The zero-order chi connectivity index (χ0) is 81.8. The molecule has 0 bridgehead atoms. The van der Waals surface area contributed by atoms with E-state index in [-0.39, 0.29) is 34.3 Å². The van der Waals surface area contributed by atoms with Crippen LogP contribution in [0.4, 0.5) is 45.5 Å². The lowest BCUT2D eigenvalue weighted by atomic mass is 9.31. The van der Waals surface area contributed by atoms with Gasteiger partial charge in [0, 0.05) is 50.9 Å². The summed E-state index contributed by atoms with van der Waals surface area (Å²) >= 11 is 0. The molecule has 2 atom stereocenters. The first kappa shape index (κ1) is 77.4. The van der Waals surface area contributed by atoms with Crippen LogP contribution in [0.25, 0.3) is 44.5 Å². The van der Waals surface area contributed by atoms with Crippen molar-refractivity contribution in [2.75, 3.05) is 14.7 Å². The standard InChI is InChI=1S/C113H102BN3Si2/c1-12-115(109-96(82-47-23-13-24-48-82)73-86(111(4,5)6)74-97(109)83-49-25-14-26-50-83)106-77-88(116-103-69-45-43-67-100(103)113(10,11)101-68-44-46-70-104(101)116)78-107-108(106)114(80(2)81(3)118(89-55-31-17-32-56-89,90-57-33-18-34-58-90)91-59-35-19-36-60-91)102-72-71-95(119(92-61-37-20-38-62-92,93-63-39-21-40-64-93)94-65-41-22-42-66-94)79-105(102)117(107)110-98(84-51-27-15-28-52-84)75-87(112(7,8)9)76-99(110)85-53-29-16-30-54-85/h12-81H,1H2,2-11H3/t80-,81?/m1/s1. The number of hydrogen-bond acceptors (Lipinski definition) is 3. The van der Waals surface area contributed by atoms with Crippen molar-refractivity contribution in [3.8, 4) is 44.5 Å². The molecule has 0 aromatic heterocycles. The first-order valence-electron chi connectivity index (χ1n) is 42.4.